The van der Waals surface area contributed by atoms with Crippen LogP contribution in [0.4, 0.5) is 13.2 Å². The van der Waals surface area contributed by atoms with Gasteiger partial charge < -0.3 is 5.11 Å². The van der Waals surface area contributed by atoms with E-state index in [-0.39, 0.29) is 5.69 Å². The average Bonchev–Trinajstić information content (AvgIpc) is 2.38. The van der Waals surface area contributed by atoms with Crippen LogP contribution in [0.15, 0.2) is 42.6 Å². The standard InChI is InChI=1S/C14H12F3NO/c1-9-2-4-10(5-3-9)13(19)12-7-6-11(8-18-12)14(15,16)17/h2-8,13,19H,1H3. The SMILES string of the molecule is Cc1ccc(C(O)c2ccc(C(F)(F)F)cn2)cc1. The van der Waals surface area contributed by atoms with Gasteiger partial charge in [-0.25, -0.2) is 0 Å². The van der Waals surface area contributed by atoms with E-state index in [2.05, 4.69) is 4.98 Å². The van der Waals surface area contributed by atoms with Crippen LogP contribution in [0, 0.1) is 6.92 Å². The molecule has 0 amide bonds. The molecule has 2 rings (SSSR count). The Morgan fingerprint density at radius 3 is 2.16 bits per heavy atom. The van der Waals surface area contributed by atoms with Crippen molar-refractivity contribution < 1.29 is 18.3 Å². The molecule has 1 aromatic carbocycles. The molecule has 100 valence electrons. The summed E-state index contributed by atoms with van der Waals surface area (Å²) in [6, 6.07) is 9.19. The van der Waals surface area contributed by atoms with E-state index in [0.717, 1.165) is 17.8 Å². The van der Waals surface area contributed by atoms with Crippen LogP contribution in [0.1, 0.15) is 28.5 Å². The molecule has 19 heavy (non-hydrogen) atoms. The fourth-order valence-electron chi connectivity index (χ4n) is 1.65. The number of aliphatic hydroxyl groups excluding tert-OH is 1. The van der Waals surface area contributed by atoms with Crippen LogP contribution in [-0.4, -0.2) is 10.1 Å². The molecule has 0 bridgehead atoms. The van der Waals surface area contributed by atoms with Crippen LogP contribution in [0.3, 0.4) is 0 Å². The Morgan fingerprint density at radius 1 is 1.05 bits per heavy atom. The first-order valence-corrected chi connectivity index (χ1v) is 5.66. The summed E-state index contributed by atoms with van der Waals surface area (Å²) in [6.07, 6.45) is -4.71. The summed E-state index contributed by atoms with van der Waals surface area (Å²) in [7, 11) is 0. The number of hydrogen-bond acceptors (Lipinski definition) is 2. The molecule has 0 radical (unpaired) electrons. The molecule has 0 aliphatic rings. The number of aryl methyl sites for hydroxylation is 1. The highest BCUT2D eigenvalue weighted by molar-refractivity contribution is 5.29. The van der Waals surface area contributed by atoms with Gasteiger partial charge in [-0.05, 0) is 24.6 Å². The van der Waals surface area contributed by atoms with Crippen molar-refractivity contribution in [3.05, 3.63) is 65.0 Å². The van der Waals surface area contributed by atoms with Crippen LogP contribution in [-0.2, 0) is 6.18 Å². The van der Waals surface area contributed by atoms with Gasteiger partial charge >= 0.3 is 6.18 Å². The number of halogens is 3. The van der Waals surface area contributed by atoms with E-state index in [1.807, 2.05) is 19.1 Å². The lowest BCUT2D eigenvalue weighted by Gasteiger charge is -2.12. The molecular weight excluding hydrogens is 255 g/mol. The lowest BCUT2D eigenvalue weighted by Crippen LogP contribution is -2.08. The maximum absolute atomic E-state index is 12.4. The molecule has 1 atom stereocenters. The van der Waals surface area contributed by atoms with Crippen molar-refractivity contribution in [3.8, 4) is 0 Å². The number of hydrogen-bond donors (Lipinski definition) is 1. The molecule has 0 saturated carbocycles. The normalized spacial score (nSPS) is 13.3. The average molecular weight is 267 g/mol. The maximum Gasteiger partial charge on any atom is 0.417 e. The zero-order valence-corrected chi connectivity index (χ0v) is 10.1. The Balaban J connectivity index is 2.25. The van der Waals surface area contributed by atoms with Gasteiger partial charge in [0.25, 0.3) is 0 Å². The number of pyridine rings is 1. The lowest BCUT2D eigenvalue weighted by molar-refractivity contribution is -0.137. The fourth-order valence-corrected chi connectivity index (χ4v) is 1.65. The van der Waals surface area contributed by atoms with Crippen molar-refractivity contribution in [3.63, 3.8) is 0 Å². The Hall–Kier alpha value is -1.88. The van der Waals surface area contributed by atoms with Crippen molar-refractivity contribution >= 4 is 0 Å². The van der Waals surface area contributed by atoms with E-state index >= 15 is 0 Å². The molecule has 2 nitrogen and oxygen atoms in total. The second-order valence-electron chi connectivity index (χ2n) is 4.28. The highest BCUT2D eigenvalue weighted by atomic mass is 19.4. The molecule has 0 saturated heterocycles. The predicted molar refractivity (Wildman–Crippen MR) is 64.5 cm³/mol. The minimum Gasteiger partial charge on any atom is -0.382 e. The second-order valence-corrected chi connectivity index (χ2v) is 4.28. The van der Waals surface area contributed by atoms with Crippen LogP contribution in [0.2, 0.25) is 0 Å². The highest BCUT2D eigenvalue weighted by Gasteiger charge is 2.30. The molecule has 1 heterocycles. The van der Waals surface area contributed by atoms with Gasteiger partial charge in [0.15, 0.2) is 0 Å². The van der Waals surface area contributed by atoms with Crippen molar-refractivity contribution in [2.75, 3.05) is 0 Å². The number of alkyl halides is 3. The Bertz CT molecular complexity index is 546. The molecule has 0 fully saturated rings. The topological polar surface area (TPSA) is 33.1 Å². The molecule has 0 aliphatic carbocycles. The third-order valence-electron chi connectivity index (χ3n) is 2.79. The quantitative estimate of drug-likeness (QED) is 0.903. The third kappa shape index (κ3) is 3.12. The van der Waals surface area contributed by atoms with Crippen molar-refractivity contribution in [2.45, 2.75) is 19.2 Å². The van der Waals surface area contributed by atoms with Gasteiger partial charge in [0.1, 0.15) is 6.10 Å². The van der Waals surface area contributed by atoms with Crippen LogP contribution >= 0.6 is 0 Å². The van der Waals surface area contributed by atoms with E-state index in [1.54, 1.807) is 12.1 Å². The molecule has 0 aliphatic heterocycles. The van der Waals surface area contributed by atoms with Gasteiger partial charge in [-0.15, -0.1) is 0 Å². The van der Waals surface area contributed by atoms with E-state index in [9.17, 15) is 18.3 Å². The van der Waals surface area contributed by atoms with Crippen molar-refractivity contribution in [2.24, 2.45) is 0 Å². The summed E-state index contributed by atoms with van der Waals surface area (Å²) in [5, 5.41) is 10.0. The molecule has 2 aromatic rings. The van der Waals surface area contributed by atoms with E-state index in [4.69, 9.17) is 0 Å². The minimum atomic E-state index is -4.42. The first-order chi connectivity index (χ1) is 8.88. The maximum atomic E-state index is 12.4. The van der Waals surface area contributed by atoms with E-state index < -0.39 is 17.8 Å². The number of rotatable bonds is 2. The molecule has 1 unspecified atom stereocenters. The summed E-state index contributed by atoms with van der Waals surface area (Å²) >= 11 is 0. The summed E-state index contributed by atoms with van der Waals surface area (Å²) < 4.78 is 37.2. The molecule has 0 spiro atoms. The van der Waals surface area contributed by atoms with Gasteiger partial charge in [0.2, 0.25) is 0 Å². The Kier molecular flexibility index (Phi) is 3.57. The van der Waals surface area contributed by atoms with E-state index in [1.165, 1.54) is 6.07 Å². The summed E-state index contributed by atoms with van der Waals surface area (Å²) in [5.41, 5.74) is 0.999. The van der Waals surface area contributed by atoms with Crippen molar-refractivity contribution in [1.82, 2.24) is 4.98 Å². The zero-order chi connectivity index (χ0) is 14.0. The highest BCUT2D eigenvalue weighted by Crippen LogP contribution is 2.29. The van der Waals surface area contributed by atoms with E-state index in [0.29, 0.717) is 5.56 Å². The third-order valence-corrected chi connectivity index (χ3v) is 2.79. The number of aromatic nitrogens is 1. The molecule has 1 N–H and O–H groups in total. The van der Waals surface area contributed by atoms with Crippen molar-refractivity contribution in [1.29, 1.82) is 0 Å². The van der Waals surface area contributed by atoms with Crippen LogP contribution in [0.25, 0.3) is 0 Å². The van der Waals surface area contributed by atoms with Crippen LogP contribution < -0.4 is 0 Å². The molecular formula is C14H12F3NO. The first-order valence-electron chi connectivity index (χ1n) is 5.66. The van der Waals surface area contributed by atoms with Crippen LogP contribution in [0.5, 0.6) is 0 Å². The first kappa shape index (κ1) is 13.5. The lowest BCUT2D eigenvalue weighted by atomic mass is 10.0. The summed E-state index contributed by atoms with van der Waals surface area (Å²) in [4.78, 5) is 3.67. The van der Waals surface area contributed by atoms with Gasteiger partial charge in [0.05, 0.1) is 11.3 Å². The van der Waals surface area contributed by atoms with Gasteiger partial charge in [-0.3, -0.25) is 4.98 Å². The smallest absolute Gasteiger partial charge is 0.382 e. The largest absolute Gasteiger partial charge is 0.417 e. The summed E-state index contributed by atoms with van der Waals surface area (Å²) in [5.74, 6) is 0. The minimum absolute atomic E-state index is 0.192. The summed E-state index contributed by atoms with van der Waals surface area (Å²) in [6.45, 7) is 1.91. The second kappa shape index (κ2) is 5.01. The molecule has 5 heteroatoms. The predicted octanol–water partition coefficient (Wildman–Crippen LogP) is 3.49. The zero-order valence-electron chi connectivity index (χ0n) is 10.1. The monoisotopic (exact) mass is 267 g/mol. The Morgan fingerprint density at radius 2 is 1.68 bits per heavy atom. The molecule has 1 aromatic heterocycles. The fraction of sp³-hybridized carbons (Fsp3) is 0.214. The van der Waals surface area contributed by atoms with Gasteiger partial charge in [-0.2, -0.15) is 13.2 Å². The Labute approximate surface area is 108 Å². The number of aliphatic hydroxyl groups is 1. The number of benzene rings is 1. The van der Waals surface area contributed by atoms with Gasteiger partial charge in [-0.1, -0.05) is 29.8 Å². The van der Waals surface area contributed by atoms with Gasteiger partial charge in [0, 0.05) is 6.20 Å². The number of nitrogens with zero attached hydrogens (tertiary/aromatic N) is 1.